The molecule has 4 bridgehead atoms. The molecule has 1 N–H and O–H groups in total. The van der Waals surface area contributed by atoms with Crippen molar-refractivity contribution in [2.45, 2.75) is 63.7 Å². The van der Waals surface area contributed by atoms with Crippen molar-refractivity contribution in [3.63, 3.8) is 0 Å². The summed E-state index contributed by atoms with van der Waals surface area (Å²) >= 11 is 0. The third kappa shape index (κ3) is 2.79. The number of hydrogen-bond donors (Lipinski definition) is 1. The summed E-state index contributed by atoms with van der Waals surface area (Å²) in [6.45, 7) is 10.5. The van der Waals surface area contributed by atoms with Crippen LogP contribution in [0.1, 0.15) is 50.3 Å². The molecule has 5 atom stereocenters. The van der Waals surface area contributed by atoms with E-state index in [9.17, 15) is 9.59 Å². The van der Waals surface area contributed by atoms with E-state index in [2.05, 4.69) is 10.2 Å². The molecule has 1 amide bonds. The summed E-state index contributed by atoms with van der Waals surface area (Å²) in [6.07, 6.45) is 1.75. The number of carbonyl (C=O) groups is 2. The second-order valence-corrected chi connectivity index (χ2v) is 10.2. The summed E-state index contributed by atoms with van der Waals surface area (Å²) in [5.41, 5.74) is 0.957. The second kappa shape index (κ2) is 5.97. The predicted molar refractivity (Wildman–Crippen MR) is 107 cm³/mol. The van der Waals surface area contributed by atoms with Crippen LogP contribution in [0.5, 0.6) is 0 Å². The number of alkyl carbamates (subject to hydrolysis) is 1. The van der Waals surface area contributed by atoms with Gasteiger partial charge in [0.05, 0.1) is 0 Å². The SMILES string of the molecule is Cc1cccc2c1CCC2(NC(=O)OC(C)(C)C)C(=O)O[C@]12CN3CCC1C2C3. The Labute approximate surface area is 171 Å². The number of piperidine rings is 3. The highest BCUT2D eigenvalue weighted by Crippen LogP contribution is 2.63. The standard InChI is InChI=1S/C23H30N2O4/c1-14-6-5-7-16-15(14)8-10-22(16,24-20(27)29-21(2,3)4)19(26)28-23-13-25-11-9-17(23)18(23)12-25/h5-7,17-18H,8-13H2,1-4H3,(H,24,27)/t17?,18?,22?,23-/m1/s1. The highest BCUT2D eigenvalue weighted by molar-refractivity contribution is 5.89. The predicted octanol–water partition coefficient (Wildman–Crippen LogP) is 2.91. The van der Waals surface area contributed by atoms with Crippen LogP contribution in [0, 0.1) is 18.8 Å². The maximum atomic E-state index is 13.7. The van der Waals surface area contributed by atoms with Crippen LogP contribution in [0.4, 0.5) is 4.79 Å². The quantitative estimate of drug-likeness (QED) is 0.793. The van der Waals surface area contributed by atoms with Crippen molar-refractivity contribution in [3.05, 3.63) is 34.9 Å². The van der Waals surface area contributed by atoms with Gasteiger partial charge in [0.2, 0.25) is 0 Å². The van der Waals surface area contributed by atoms with Gasteiger partial charge in [-0.15, -0.1) is 0 Å². The molecule has 6 nitrogen and oxygen atoms in total. The van der Waals surface area contributed by atoms with Crippen LogP contribution in [-0.4, -0.2) is 47.8 Å². The van der Waals surface area contributed by atoms with Gasteiger partial charge in [-0.1, -0.05) is 18.2 Å². The molecule has 3 saturated heterocycles. The van der Waals surface area contributed by atoms with Gasteiger partial charge in [-0.3, -0.25) is 4.90 Å². The van der Waals surface area contributed by atoms with E-state index < -0.39 is 17.2 Å². The summed E-state index contributed by atoms with van der Waals surface area (Å²) in [4.78, 5) is 28.8. The van der Waals surface area contributed by atoms with Crippen LogP contribution in [0.2, 0.25) is 0 Å². The Bertz CT molecular complexity index is 885. The third-order valence-corrected chi connectivity index (χ3v) is 7.28. The van der Waals surface area contributed by atoms with Gasteiger partial charge in [-0.2, -0.15) is 0 Å². The van der Waals surface area contributed by atoms with Crippen molar-refractivity contribution >= 4 is 12.1 Å². The van der Waals surface area contributed by atoms with Gasteiger partial charge >= 0.3 is 12.1 Å². The van der Waals surface area contributed by atoms with Crippen LogP contribution < -0.4 is 5.32 Å². The molecule has 6 heteroatoms. The number of esters is 1. The van der Waals surface area contributed by atoms with Crippen molar-refractivity contribution in [3.8, 4) is 0 Å². The van der Waals surface area contributed by atoms with Crippen LogP contribution in [-0.2, 0) is 26.2 Å². The lowest BCUT2D eigenvalue weighted by atomic mass is 9.90. The minimum absolute atomic E-state index is 0.330. The number of nitrogens with one attached hydrogen (secondary N) is 1. The maximum absolute atomic E-state index is 13.7. The number of nitrogens with zero attached hydrogens (tertiary/aromatic N) is 1. The van der Waals surface area contributed by atoms with E-state index in [-0.39, 0.29) is 11.6 Å². The van der Waals surface area contributed by atoms with Gasteiger partial charge in [0.1, 0.15) is 11.2 Å². The van der Waals surface area contributed by atoms with Crippen molar-refractivity contribution in [2.75, 3.05) is 19.6 Å². The molecule has 156 valence electrons. The first-order valence-electron chi connectivity index (χ1n) is 10.7. The minimum atomic E-state index is -1.18. The summed E-state index contributed by atoms with van der Waals surface area (Å²) in [7, 11) is 0. The molecule has 29 heavy (non-hydrogen) atoms. The Balaban J connectivity index is 1.46. The second-order valence-electron chi connectivity index (χ2n) is 10.2. The van der Waals surface area contributed by atoms with Crippen molar-refractivity contribution in [1.82, 2.24) is 10.2 Å². The molecule has 2 aliphatic carbocycles. The molecule has 1 aromatic rings. The lowest BCUT2D eigenvalue weighted by molar-refractivity contribution is -0.162. The average Bonchev–Trinajstić information content (AvgIpc) is 2.93. The first kappa shape index (κ1) is 18.9. The van der Waals surface area contributed by atoms with Crippen LogP contribution >= 0.6 is 0 Å². The van der Waals surface area contributed by atoms with Gasteiger partial charge in [-0.05, 0) is 70.2 Å². The molecular formula is C23H30N2O4. The molecule has 4 unspecified atom stereocenters. The van der Waals surface area contributed by atoms with E-state index in [0.29, 0.717) is 18.3 Å². The number of rotatable bonds is 3. The average molecular weight is 399 g/mol. The van der Waals surface area contributed by atoms with Gasteiger partial charge in [0.25, 0.3) is 0 Å². The first-order valence-corrected chi connectivity index (χ1v) is 10.7. The zero-order valence-corrected chi connectivity index (χ0v) is 17.7. The molecule has 5 aliphatic rings. The molecule has 0 radical (unpaired) electrons. The summed E-state index contributed by atoms with van der Waals surface area (Å²) in [5.74, 6) is 0.606. The van der Waals surface area contributed by atoms with Crippen molar-refractivity contribution in [2.24, 2.45) is 11.8 Å². The van der Waals surface area contributed by atoms with Gasteiger partial charge in [0, 0.05) is 24.9 Å². The number of aryl methyl sites for hydroxylation is 1. The Hall–Kier alpha value is -2.08. The third-order valence-electron chi connectivity index (χ3n) is 7.28. The Morgan fingerprint density at radius 1 is 1.24 bits per heavy atom. The normalized spacial score (nSPS) is 36.3. The first-order chi connectivity index (χ1) is 13.6. The number of benzene rings is 1. The number of ether oxygens (including phenoxy) is 2. The Kier molecular flexibility index (Phi) is 3.90. The number of amides is 1. The van der Waals surface area contributed by atoms with E-state index in [0.717, 1.165) is 49.2 Å². The minimum Gasteiger partial charge on any atom is -0.455 e. The number of carbonyl (C=O) groups excluding carboxylic acids is 2. The smallest absolute Gasteiger partial charge is 0.408 e. The monoisotopic (exact) mass is 398 g/mol. The van der Waals surface area contributed by atoms with E-state index >= 15 is 0 Å². The fourth-order valence-corrected chi connectivity index (χ4v) is 5.92. The molecule has 6 rings (SSSR count). The fourth-order valence-electron chi connectivity index (χ4n) is 5.92. The lowest BCUT2D eigenvalue weighted by Crippen LogP contribution is -2.54. The van der Waals surface area contributed by atoms with Gasteiger partial charge in [-0.25, -0.2) is 9.59 Å². The Morgan fingerprint density at radius 3 is 2.66 bits per heavy atom. The summed E-state index contributed by atoms with van der Waals surface area (Å²) in [6, 6.07) is 5.94. The van der Waals surface area contributed by atoms with Crippen LogP contribution in [0.25, 0.3) is 0 Å². The summed E-state index contributed by atoms with van der Waals surface area (Å²) < 4.78 is 11.8. The van der Waals surface area contributed by atoms with Gasteiger partial charge in [0.15, 0.2) is 5.54 Å². The molecule has 1 saturated carbocycles. The molecule has 1 aromatic carbocycles. The summed E-state index contributed by atoms with van der Waals surface area (Å²) in [5, 5.41) is 2.94. The molecular weight excluding hydrogens is 368 g/mol. The fraction of sp³-hybridized carbons (Fsp3) is 0.652. The zero-order valence-electron chi connectivity index (χ0n) is 17.7. The van der Waals surface area contributed by atoms with Crippen molar-refractivity contribution in [1.29, 1.82) is 0 Å². The van der Waals surface area contributed by atoms with Gasteiger partial charge < -0.3 is 14.8 Å². The largest absolute Gasteiger partial charge is 0.455 e. The lowest BCUT2D eigenvalue weighted by Gasteiger charge is -2.34. The van der Waals surface area contributed by atoms with Crippen LogP contribution in [0.15, 0.2) is 18.2 Å². The highest BCUT2D eigenvalue weighted by atomic mass is 16.6. The molecule has 3 heterocycles. The van der Waals surface area contributed by atoms with Crippen molar-refractivity contribution < 1.29 is 19.1 Å². The topological polar surface area (TPSA) is 67.9 Å². The van der Waals surface area contributed by atoms with Crippen LogP contribution in [0.3, 0.4) is 0 Å². The number of hydrogen-bond acceptors (Lipinski definition) is 5. The zero-order chi connectivity index (χ0) is 20.6. The van der Waals surface area contributed by atoms with E-state index in [4.69, 9.17) is 9.47 Å². The van der Waals surface area contributed by atoms with E-state index in [1.165, 1.54) is 0 Å². The highest BCUT2D eigenvalue weighted by Gasteiger charge is 2.74. The molecule has 0 aromatic heterocycles. The molecule has 3 aliphatic heterocycles. The Morgan fingerprint density at radius 2 is 2.03 bits per heavy atom. The number of fused-ring (bicyclic) bond motifs is 2. The van der Waals surface area contributed by atoms with E-state index in [1.807, 2.05) is 45.9 Å². The molecule has 4 fully saturated rings. The maximum Gasteiger partial charge on any atom is 0.408 e. The van der Waals surface area contributed by atoms with E-state index in [1.54, 1.807) is 0 Å². The molecule has 0 spiro atoms.